The summed E-state index contributed by atoms with van der Waals surface area (Å²) < 4.78 is 7.94. The van der Waals surface area contributed by atoms with Gasteiger partial charge in [0, 0.05) is 0 Å². The molecule has 0 unspecified atom stereocenters. The molecule has 3 nitrogen and oxygen atoms in total. The van der Waals surface area contributed by atoms with Gasteiger partial charge in [-0.2, -0.15) is 0 Å². The fourth-order valence-corrected chi connectivity index (χ4v) is 0. The van der Waals surface area contributed by atoms with Crippen LogP contribution in [0.25, 0.3) is 0 Å². The molecule has 1 radical (unpaired) electrons. The molecule has 0 saturated heterocycles. The summed E-state index contributed by atoms with van der Waals surface area (Å²) in [5, 5.41) is 0. The summed E-state index contributed by atoms with van der Waals surface area (Å²) in [6.45, 7) is 0. The second-order valence-corrected chi connectivity index (χ2v) is 0. The molecule has 0 fully saturated rings. The van der Waals surface area contributed by atoms with E-state index in [1.165, 1.54) is 0 Å². The van der Waals surface area contributed by atoms with Crippen LogP contribution in [0.3, 0.4) is 0 Å². The molecular weight excluding hydrogens is 166 g/mol. The van der Waals surface area contributed by atoms with Crippen molar-refractivity contribution in [1.82, 2.24) is 0 Å². The van der Waals surface area contributed by atoms with Gasteiger partial charge in [0.15, 0.2) is 0 Å². The van der Waals surface area contributed by atoms with Crippen molar-refractivity contribution in [3.05, 3.63) is 0 Å². The first kappa shape index (κ1) is 42.8. The van der Waals surface area contributed by atoms with Gasteiger partial charge in [-0.05, 0) is 0 Å². The maximum absolute atomic E-state index is 7.94. The van der Waals surface area contributed by atoms with Crippen LogP contribution in [-0.4, -0.2) is 11.0 Å². The van der Waals surface area contributed by atoms with Gasteiger partial charge in [-0.15, -0.1) is 0 Å². The Morgan fingerprint density at radius 1 is 1.00 bits per heavy atom. The molecule has 0 heterocycles. The molecule has 0 aromatic carbocycles. The molecular formula is H2Co2O3. The van der Waals surface area contributed by atoms with Gasteiger partial charge in [-0.3, -0.25) is 0 Å². The van der Waals surface area contributed by atoms with Crippen molar-refractivity contribution >= 4 is 0 Å². The molecule has 38 valence electrons. The summed E-state index contributed by atoms with van der Waals surface area (Å²) >= 11 is 2.31. The summed E-state index contributed by atoms with van der Waals surface area (Å²) in [7, 11) is 0. The molecule has 0 aliphatic heterocycles. The Morgan fingerprint density at radius 2 is 1.00 bits per heavy atom. The van der Waals surface area contributed by atoms with Crippen molar-refractivity contribution in [2.24, 2.45) is 0 Å². The molecule has 0 bridgehead atoms. The minimum atomic E-state index is 0. The first-order valence-corrected chi connectivity index (χ1v) is 0.561. The van der Waals surface area contributed by atoms with Crippen molar-refractivity contribution < 1.29 is 47.3 Å². The average molecular weight is 168 g/mol. The standard InChI is InChI=1S/2Co.2H2O.O/h;;2*1H2;/q;+2;;;/p-2. The van der Waals surface area contributed by atoms with E-state index in [9.17, 15) is 0 Å². The zero-order chi connectivity index (χ0) is 2.00. The molecule has 0 rings (SSSR count). The van der Waals surface area contributed by atoms with Crippen LogP contribution < -0.4 is 0 Å². The molecule has 5 heavy (non-hydrogen) atoms. The predicted molar refractivity (Wildman–Crippen MR) is 4.56 cm³/mol. The Balaban J connectivity index is -0.00000000167. The van der Waals surface area contributed by atoms with Crippen LogP contribution in [0.4, 0.5) is 0 Å². The molecule has 0 saturated carbocycles. The van der Waals surface area contributed by atoms with Crippen molar-refractivity contribution in [2.45, 2.75) is 0 Å². The van der Waals surface area contributed by atoms with Crippen molar-refractivity contribution in [3.8, 4) is 0 Å². The van der Waals surface area contributed by atoms with Crippen molar-refractivity contribution in [2.75, 3.05) is 0 Å². The number of rotatable bonds is 0. The van der Waals surface area contributed by atoms with E-state index < -0.39 is 0 Å². The van der Waals surface area contributed by atoms with Gasteiger partial charge in [-0.25, -0.2) is 0 Å². The van der Waals surface area contributed by atoms with Crippen molar-refractivity contribution in [3.63, 3.8) is 0 Å². The predicted octanol–water partition coefficient (Wildman–Crippen LogP) is -0.477. The van der Waals surface area contributed by atoms with Crippen LogP contribution in [0.1, 0.15) is 0 Å². The minimum absolute atomic E-state index is 0. The second-order valence-electron chi connectivity index (χ2n) is 0. The van der Waals surface area contributed by atoms with E-state index in [1.807, 2.05) is 0 Å². The molecule has 0 amide bonds. The first-order chi connectivity index (χ1) is 1.00. The normalized spacial score (nSPS) is 1.00. The topological polar surface area (TPSA) is 77.1 Å². The molecule has 0 aliphatic carbocycles. The van der Waals surface area contributed by atoms with Crippen LogP contribution in [0, 0.1) is 0 Å². The van der Waals surface area contributed by atoms with Crippen LogP contribution >= 0.6 is 0 Å². The first-order valence-electron chi connectivity index (χ1n) is 0.136. The number of hydrogen-bond donors (Lipinski definition) is 0. The van der Waals surface area contributed by atoms with E-state index in [1.54, 1.807) is 0 Å². The molecule has 5 heteroatoms. The quantitative estimate of drug-likeness (QED) is 0.490. The number of hydrogen-bond acceptors (Lipinski definition) is 3. The van der Waals surface area contributed by atoms with Gasteiger partial charge < -0.3 is 11.0 Å². The summed E-state index contributed by atoms with van der Waals surface area (Å²) in [5.41, 5.74) is 0. The average Bonchev–Trinajstić information content (AvgIpc) is 1.00. The van der Waals surface area contributed by atoms with E-state index in [0.717, 1.165) is 0 Å². The molecule has 0 atom stereocenters. The monoisotopic (exact) mass is 168 g/mol. The SMILES string of the molecule is [Co+2].[OH-].[OH-].[O]=[Co]. The van der Waals surface area contributed by atoms with Crippen LogP contribution in [0.15, 0.2) is 0 Å². The Hall–Kier alpha value is 0.733. The molecule has 0 aliphatic rings. The van der Waals surface area contributed by atoms with E-state index in [2.05, 4.69) is 15.7 Å². The third-order valence-electron chi connectivity index (χ3n) is 0. The Morgan fingerprint density at radius 3 is 1.00 bits per heavy atom. The summed E-state index contributed by atoms with van der Waals surface area (Å²) in [5.74, 6) is 0. The molecule has 0 aromatic rings. The summed E-state index contributed by atoms with van der Waals surface area (Å²) in [6.07, 6.45) is 0. The van der Waals surface area contributed by atoms with Gasteiger partial charge in [0.1, 0.15) is 0 Å². The van der Waals surface area contributed by atoms with E-state index in [4.69, 9.17) is 3.87 Å². The van der Waals surface area contributed by atoms with Crippen LogP contribution in [0.5, 0.6) is 0 Å². The fourth-order valence-electron chi connectivity index (χ4n) is 0. The van der Waals surface area contributed by atoms with Crippen molar-refractivity contribution in [1.29, 1.82) is 0 Å². The van der Waals surface area contributed by atoms with E-state index in [0.29, 0.717) is 0 Å². The molecule has 0 spiro atoms. The van der Waals surface area contributed by atoms with E-state index >= 15 is 0 Å². The third-order valence-corrected chi connectivity index (χ3v) is 0. The fraction of sp³-hybridized carbons (Fsp3) is 0. The van der Waals surface area contributed by atoms with Gasteiger partial charge in [0.2, 0.25) is 0 Å². The van der Waals surface area contributed by atoms with Crippen LogP contribution in [-0.2, 0) is 36.3 Å². The summed E-state index contributed by atoms with van der Waals surface area (Å²) in [6, 6.07) is 0. The Kier molecular flexibility index (Phi) is 1050. The van der Waals surface area contributed by atoms with Gasteiger partial charge in [0.25, 0.3) is 0 Å². The van der Waals surface area contributed by atoms with E-state index in [-0.39, 0.29) is 27.7 Å². The summed E-state index contributed by atoms with van der Waals surface area (Å²) in [4.78, 5) is 0. The zero-order valence-electron chi connectivity index (χ0n) is 1.97. The third kappa shape index (κ3) is 65.8. The maximum atomic E-state index is 7.94. The van der Waals surface area contributed by atoms with Gasteiger partial charge >= 0.3 is 36.3 Å². The second kappa shape index (κ2) is 123. The Bertz CT molecular complexity index is 4.85. The van der Waals surface area contributed by atoms with Gasteiger partial charge in [-0.1, -0.05) is 0 Å². The van der Waals surface area contributed by atoms with Gasteiger partial charge in [0.05, 0.1) is 0 Å². The molecule has 2 N–H and O–H groups in total. The van der Waals surface area contributed by atoms with Crippen LogP contribution in [0.2, 0.25) is 0 Å². The molecule has 0 aromatic heterocycles. The Labute approximate surface area is 47.7 Å². The zero-order valence-corrected chi connectivity index (χ0v) is 4.05.